The number of aliphatic hydroxyl groups excluding tert-OH is 1. The van der Waals surface area contributed by atoms with E-state index >= 15 is 0 Å². The van der Waals surface area contributed by atoms with Crippen molar-refractivity contribution in [3.63, 3.8) is 0 Å². The Balaban J connectivity index is 5.25. The molecule has 0 bridgehead atoms. The number of ether oxygens (including phenoxy) is 4. The zero-order valence-electron chi connectivity index (χ0n) is 54.5. The number of carbonyl (C=O) groups excluding carboxylic acids is 4. The molecule has 0 aromatic rings. The Bertz CT molecular complexity index is 1680. The molecule has 19 heteroatoms. The average Bonchev–Trinajstić information content (AvgIpc) is 3.56. The Morgan fingerprint density at radius 3 is 0.845 bits per heavy atom. The SMILES string of the molecule is CCC(C)CCCCCCCCCCCCC(=O)OC[C@H](COP(=O)(O)OC[C@@H](O)COP(=O)(O)OC[C@@H](COC(=O)CCCCCCCCC(C)C)OC(=O)CCCCCCCCC(C)CC)OC(=O)CCCCCCCCCCC(C)C. The summed E-state index contributed by atoms with van der Waals surface area (Å²) in [5.74, 6) is 0.785. The van der Waals surface area contributed by atoms with Gasteiger partial charge in [0.2, 0.25) is 0 Å². The first-order valence-electron chi connectivity index (χ1n) is 33.8. The summed E-state index contributed by atoms with van der Waals surface area (Å²) in [5, 5.41) is 10.5. The van der Waals surface area contributed by atoms with E-state index in [1.165, 1.54) is 109 Å². The number of phosphoric acid groups is 2. The Hall–Kier alpha value is -1.94. The van der Waals surface area contributed by atoms with Gasteiger partial charge in [-0.1, -0.05) is 261 Å². The minimum atomic E-state index is -4.95. The van der Waals surface area contributed by atoms with Crippen molar-refractivity contribution in [1.29, 1.82) is 0 Å². The summed E-state index contributed by atoms with van der Waals surface area (Å²) in [4.78, 5) is 72.2. The standard InChI is InChI=1S/C65H126O17P2/c1-9-57(7)43-35-27-18-13-11-12-14-19-29-37-45-62(67)75-51-60(81-64(69)47-39-31-20-16-15-17-25-33-41-55(3)4)53-79-83(71,72)77-49-59(66)50-78-84(73,74)80-54-61(52-76-63(68)46-38-30-23-21-26-34-42-56(5)6)82-65(70)48-40-32-24-22-28-36-44-58(8)10-2/h55-61,66H,9-54H2,1-8H3,(H,71,72)(H,73,74)/t57?,58?,59-,60-,61-/m1/s1. The zero-order valence-corrected chi connectivity index (χ0v) is 56.3. The van der Waals surface area contributed by atoms with Crippen LogP contribution < -0.4 is 0 Å². The first kappa shape index (κ1) is 82.1. The highest BCUT2D eigenvalue weighted by Gasteiger charge is 2.30. The molecule has 0 heterocycles. The molecular formula is C65H126O17P2. The van der Waals surface area contributed by atoms with E-state index in [2.05, 4.69) is 55.4 Å². The molecule has 0 saturated carbocycles. The molecule has 7 atom stereocenters. The lowest BCUT2D eigenvalue weighted by molar-refractivity contribution is -0.161. The minimum Gasteiger partial charge on any atom is -0.462 e. The maximum Gasteiger partial charge on any atom is 0.472 e. The van der Waals surface area contributed by atoms with Crippen LogP contribution in [0, 0.1) is 23.7 Å². The van der Waals surface area contributed by atoms with Gasteiger partial charge in [-0.2, -0.15) is 0 Å². The van der Waals surface area contributed by atoms with Gasteiger partial charge in [0, 0.05) is 25.7 Å². The predicted octanol–water partition coefficient (Wildman–Crippen LogP) is 17.8. The van der Waals surface area contributed by atoms with Crippen LogP contribution in [0.5, 0.6) is 0 Å². The maximum absolute atomic E-state index is 13.0. The van der Waals surface area contributed by atoms with Crippen molar-refractivity contribution in [3.8, 4) is 0 Å². The van der Waals surface area contributed by atoms with E-state index in [-0.39, 0.29) is 25.7 Å². The van der Waals surface area contributed by atoms with Gasteiger partial charge in [-0.05, 0) is 49.4 Å². The number of unbranched alkanes of at least 4 members (excludes halogenated alkanes) is 26. The third-order valence-electron chi connectivity index (χ3n) is 15.5. The lowest BCUT2D eigenvalue weighted by Gasteiger charge is -2.21. The molecule has 0 radical (unpaired) electrons. The molecule has 17 nitrogen and oxygen atoms in total. The second-order valence-electron chi connectivity index (χ2n) is 24.9. The van der Waals surface area contributed by atoms with Crippen molar-refractivity contribution in [3.05, 3.63) is 0 Å². The fraction of sp³-hybridized carbons (Fsp3) is 0.938. The van der Waals surface area contributed by atoms with Crippen molar-refractivity contribution >= 4 is 39.5 Å². The molecule has 0 aromatic heterocycles. The summed E-state index contributed by atoms with van der Waals surface area (Å²) >= 11 is 0. The van der Waals surface area contributed by atoms with Crippen LogP contribution in [0.4, 0.5) is 0 Å². The van der Waals surface area contributed by atoms with Crippen molar-refractivity contribution < 1.29 is 80.2 Å². The molecule has 0 fully saturated rings. The van der Waals surface area contributed by atoms with Crippen LogP contribution in [-0.4, -0.2) is 96.7 Å². The molecule has 0 aliphatic carbocycles. The van der Waals surface area contributed by atoms with Crippen LogP contribution in [-0.2, 0) is 65.4 Å². The summed E-state index contributed by atoms with van der Waals surface area (Å²) in [6, 6.07) is 0. The number of hydrogen-bond donors (Lipinski definition) is 3. The molecule has 0 aromatic carbocycles. The molecule has 4 unspecified atom stereocenters. The van der Waals surface area contributed by atoms with Crippen LogP contribution in [0.1, 0.15) is 312 Å². The third kappa shape index (κ3) is 56.6. The summed E-state index contributed by atoms with van der Waals surface area (Å²) in [6.45, 7) is 14.0. The number of esters is 4. The van der Waals surface area contributed by atoms with Crippen molar-refractivity contribution in [2.45, 2.75) is 331 Å². The molecule has 0 spiro atoms. The van der Waals surface area contributed by atoms with E-state index in [1.807, 2.05) is 0 Å². The Morgan fingerprint density at radius 1 is 0.333 bits per heavy atom. The van der Waals surface area contributed by atoms with Gasteiger partial charge < -0.3 is 33.8 Å². The fourth-order valence-electron chi connectivity index (χ4n) is 9.54. The van der Waals surface area contributed by atoms with Crippen LogP contribution in [0.3, 0.4) is 0 Å². The summed E-state index contributed by atoms with van der Waals surface area (Å²) in [6.07, 6.45) is 35.0. The van der Waals surface area contributed by atoms with Gasteiger partial charge in [0.15, 0.2) is 12.2 Å². The Kier molecular flexibility index (Phi) is 53.9. The topological polar surface area (TPSA) is 237 Å². The first-order valence-corrected chi connectivity index (χ1v) is 36.8. The number of carbonyl (C=O) groups is 4. The average molecular weight is 1240 g/mol. The van der Waals surface area contributed by atoms with E-state index in [0.29, 0.717) is 31.6 Å². The van der Waals surface area contributed by atoms with Gasteiger partial charge in [0.05, 0.1) is 26.4 Å². The number of rotatable bonds is 62. The van der Waals surface area contributed by atoms with E-state index in [9.17, 15) is 43.2 Å². The van der Waals surface area contributed by atoms with E-state index in [4.69, 9.17) is 37.0 Å². The monoisotopic (exact) mass is 1240 g/mol. The third-order valence-corrected chi connectivity index (χ3v) is 17.4. The largest absolute Gasteiger partial charge is 0.472 e. The molecule has 84 heavy (non-hydrogen) atoms. The molecule has 0 rings (SSSR count). The highest BCUT2D eigenvalue weighted by Crippen LogP contribution is 2.45. The van der Waals surface area contributed by atoms with Gasteiger partial charge in [-0.25, -0.2) is 9.13 Å². The summed E-state index contributed by atoms with van der Waals surface area (Å²) in [7, 11) is -9.89. The minimum absolute atomic E-state index is 0.101. The fourth-order valence-corrected chi connectivity index (χ4v) is 11.1. The molecule has 3 N–H and O–H groups in total. The number of aliphatic hydroxyl groups is 1. The van der Waals surface area contributed by atoms with Gasteiger partial charge in [0.1, 0.15) is 19.3 Å². The lowest BCUT2D eigenvalue weighted by Crippen LogP contribution is -2.30. The highest BCUT2D eigenvalue weighted by molar-refractivity contribution is 7.47. The number of hydrogen-bond acceptors (Lipinski definition) is 15. The molecule has 0 aliphatic rings. The highest BCUT2D eigenvalue weighted by atomic mass is 31.2. The van der Waals surface area contributed by atoms with Crippen molar-refractivity contribution in [2.75, 3.05) is 39.6 Å². The second kappa shape index (κ2) is 55.2. The van der Waals surface area contributed by atoms with Crippen LogP contribution in [0.2, 0.25) is 0 Å². The van der Waals surface area contributed by atoms with Crippen molar-refractivity contribution in [2.24, 2.45) is 23.7 Å². The van der Waals surface area contributed by atoms with E-state index < -0.39 is 97.5 Å². The van der Waals surface area contributed by atoms with Crippen LogP contribution in [0.15, 0.2) is 0 Å². The van der Waals surface area contributed by atoms with Crippen molar-refractivity contribution in [1.82, 2.24) is 0 Å². The molecule has 0 amide bonds. The zero-order chi connectivity index (χ0) is 62.5. The van der Waals surface area contributed by atoms with Gasteiger partial charge >= 0.3 is 39.5 Å². The van der Waals surface area contributed by atoms with Crippen LogP contribution in [0.25, 0.3) is 0 Å². The van der Waals surface area contributed by atoms with E-state index in [0.717, 1.165) is 114 Å². The summed E-state index contributed by atoms with van der Waals surface area (Å²) in [5.41, 5.74) is 0. The summed E-state index contributed by atoms with van der Waals surface area (Å²) < 4.78 is 68.0. The Labute approximate surface area is 511 Å². The predicted molar refractivity (Wildman–Crippen MR) is 335 cm³/mol. The van der Waals surface area contributed by atoms with Gasteiger partial charge in [-0.3, -0.25) is 37.3 Å². The Morgan fingerprint density at radius 2 is 0.571 bits per heavy atom. The lowest BCUT2D eigenvalue weighted by atomic mass is 9.99. The normalized spacial score (nSPS) is 15.1. The number of phosphoric ester groups is 2. The van der Waals surface area contributed by atoms with Crippen LogP contribution >= 0.6 is 15.6 Å². The van der Waals surface area contributed by atoms with Gasteiger partial charge in [-0.15, -0.1) is 0 Å². The van der Waals surface area contributed by atoms with E-state index in [1.54, 1.807) is 0 Å². The molecule has 498 valence electrons. The maximum atomic E-state index is 13.0. The molecule has 0 saturated heterocycles. The van der Waals surface area contributed by atoms with Gasteiger partial charge in [0.25, 0.3) is 0 Å². The molecule has 0 aliphatic heterocycles. The second-order valence-corrected chi connectivity index (χ2v) is 27.8. The smallest absolute Gasteiger partial charge is 0.462 e. The first-order chi connectivity index (χ1) is 40.2. The molecular weight excluding hydrogens is 1110 g/mol. The quantitative estimate of drug-likeness (QED) is 0.0222.